The number of carbonyl (C=O) groups is 1. The van der Waals surface area contributed by atoms with Crippen LogP contribution in [0.5, 0.6) is 0 Å². The zero-order valence-corrected chi connectivity index (χ0v) is 10.5. The maximum atomic E-state index is 12.5. The molecular weight excluding hydrogens is 307 g/mol. The lowest BCUT2D eigenvalue weighted by atomic mass is 10.2. The van der Waals surface area contributed by atoms with Crippen molar-refractivity contribution in [1.82, 2.24) is 4.98 Å². The molecule has 1 aromatic rings. The van der Waals surface area contributed by atoms with Crippen LogP contribution in [-0.4, -0.2) is 18.1 Å². The van der Waals surface area contributed by atoms with Crippen LogP contribution in [0.15, 0.2) is 10.5 Å². The summed E-state index contributed by atoms with van der Waals surface area (Å²) >= 11 is 8.68. The first-order chi connectivity index (χ1) is 7.45. The van der Waals surface area contributed by atoms with Gasteiger partial charge in [0.15, 0.2) is 0 Å². The van der Waals surface area contributed by atoms with Gasteiger partial charge in [-0.15, -0.1) is 0 Å². The third-order valence-corrected chi connectivity index (χ3v) is 2.74. The number of esters is 1. The summed E-state index contributed by atoms with van der Waals surface area (Å²) in [7, 11) is 1.20. The van der Waals surface area contributed by atoms with Gasteiger partial charge in [0, 0.05) is 4.47 Å². The SMILES string of the molecule is COC(=O)Cc1nc(C(F)F)c(Br)cc1Cl. The molecule has 3 nitrogen and oxygen atoms in total. The Kier molecular flexibility index (Phi) is 4.61. The van der Waals surface area contributed by atoms with Crippen molar-refractivity contribution in [3.8, 4) is 0 Å². The third kappa shape index (κ3) is 3.12. The van der Waals surface area contributed by atoms with Gasteiger partial charge in [-0.3, -0.25) is 4.79 Å². The number of ether oxygens (including phenoxy) is 1. The molecule has 88 valence electrons. The van der Waals surface area contributed by atoms with Gasteiger partial charge in [0.2, 0.25) is 0 Å². The Morgan fingerprint density at radius 3 is 2.81 bits per heavy atom. The maximum Gasteiger partial charge on any atom is 0.311 e. The highest BCUT2D eigenvalue weighted by Gasteiger charge is 2.18. The number of hydrogen-bond donors (Lipinski definition) is 0. The molecule has 1 rings (SSSR count). The quantitative estimate of drug-likeness (QED) is 0.805. The Bertz CT molecular complexity index is 415. The van der Waals surface area contributed by atoms with E-state index in [1.165, 1.54) is 13.2 Å². The average Bonchev–Trinajstić information content (AvgIpc) is 2.21. The minimum atomic E-state index is -2.73. The lowest BCUT2D eigenvalue weighted by molar-refractivity contribution is -0.139. The van der Waals surface area contributed by atoms with Gasteiger partial charge in [0.25, 0.3) is 6.43 Å². The van der Waals surface area contributed by atoms with E-state index in [2.05, 4.69) is 25.7 Å². The Labute approximate surface area is 104 Å². The second-order valence-electron chi connectivity index (χ2n) is 2.84. The molecule has 16 heavy (non-hydrogen) atoms. The van der Waals surface area contributed by atoms with E-state index in [9.17, 15) is 13.6 Å². The van der Waals surface area contributed by atoms with E-state index in [1.807, 2.05) is 0 Å². The first kappa shape index (κ1) is 13.3. The summed E-state index contributed by atoms with van der Waals surface area (Å²) < 4.78 is 29.5. The molecule has 7 heteroatoms. The molecule has 0 aromatic carbocycles. The number of nitrogens with zero attached hydrogens (tertiary/aromatic N) is 1. The van der Waals surface area contributed by atoms with Crippen molar-refractivity contribution in [3.63, 3.8) is 0 Å². The normalized spacial score (nSPS) is 10.6. The molecule has 0 radical (unpaired) electrons. The zero-order valence-electron chi connectivity index (χ0n) is 8.14. The average molecular weight is 315 g/mol. The summed E-state index contributed by atoms with van der Waals surface area (Å²) in [6.07, 6.45) is -2.97. The predicted octanol–water partition coefficient (Wildman–Crippen LogP) is 3.15. The molecule has 0 bridgehead atoms. The van der Waals surface area contributed by atoms with Gasteiger partial charge in [-0.05, 0) is 22.0 Å². The highest BCUT2D eigenvalue weighted by Crippen LogP contribution is 2.29. The smallest absolute Gasteiger partial charge is 0.311 e. The minimum Gasteiger partial charge on any atom is -0.469 e. The number of pyridine rings is 1. The number of methoxy groups -OCH3 is 1. The topological polar surface area (TPSA) is 39.2 Å². The van der Waals surface area contributed by atoms with Gasteiger partial charge in [-0.25, -0.2) is 13.8 Å². The molecule has 0 saturated carbocycles. The number of halogens is 4. The Balaban J connectivity index is 3.09. The molecular formula is C9H7BrClF2NO2. The first-order valence-corrected chi connectivity index (χ1v) is 5.32. The molecule has 0 spiro atoms. The standard InChI is InChI=1S/C9H7BrClF2NO2/c1-16-7(15)3-6-5(11)2-4(10)8(14-6)9(12)13/h2,9H,3H2,1H3. The van der Waals surface area contributed by atoms with Crippen molar-refractivity contribution >= 4 is 33.5 Å². The molecule has 0 aliphatic rings. The van der Waals surface area contributed by atoms with Crippen LogP contribution in [0.1, 0.15) is 17.8 Å². The molecule has 0 aliphatic carbocycles. The number of aromatic nitrogens is 1. The van der Waals surface area contributed by atoms with Crippen LogP contribution in [0, 0.1) is 0 Å². The van der Waals surface area contributed by atoms with Crippen molar-refractivity contribution in [2.24, 2.45) is 0 Å². The van der Waals surface area contributed by atoms with Gasteiger partial charge >= 0.3 is 5.97 Å². The van der Waals surface area contributed by atoms with Gasteiger partial charge in [0.1, 0.15) is 5.69 Å². The number of hydrogen-bond acceptors (Lipinski definition) is 3. The summed E-state index contributed by atoms with van der Waals surface area (Å²) in [5.41, 5.74) is -0.365. The van der Waals surface area contributed by atoms with Gasteiger partial charge in [-0.2, -0.15) is 0 Å². The predicted molar refractivity (Wildman–Crippen MR) is 57.6 cm³/mol. The second kappa shape index (κ2) is 5.54. The van der Waals surface area contributed by atoms with Gasteiger partial charge < -0.3 is 4.74 Å². The maximum absolute atomic E-state index is 12.5. The first-order valence-electron chi connectivity index (χ1n) is 4.15. The Morgan fingerprint density at radius 2 is 2.31 bits per heavy atom. The Hall–Kier alpha value is -0.750. The molecule has 0 N–H and O–H groups in total. The van der Waals surface area contributed by atoms with Crippen molar-refractivity contribution in [2.45, 2.75) is 12.8 Å². The van der Waals surface area contributed by atoms with Crippen LogP contribution >= 0.6 is 27.5 Å². The van der Waals surface area contributed by atoms with Crippen molar-refractivity contribution < 1.29 is 18.3 Å². The van der Waals surface area contributed by atoms with Crippen molar-refractivity contribution in [2.75, 3.05) is 7.11 Å². The summed E-state index contributed by atoms with van der Waals surface area (Å²) in [5.74, 6) is -0.586. The minimum absolute atomic E-state index is 0.0759. The van der Waals surface area contributed by atoms with Crippen molar-refractivity contribution in [3.05, 3.63) is 26.9 Å². The van der Waals surface area contributed by atoms with Gasteiger partial charge in [-0.1, -0.05) is 11.6 Å². The van der Waals surface area contributed by atoms with Gasteiger partial charge in [0.05, 0.1) is 24.2 Å². The molecule has 0 aliphatic heterocycles. The van der Waals surface area contributed by atoms with E-state index in [-0.39, 0.29) is 21.6 Å². The van der Waals surface area contributed by atoms with Crippen LogP contribution < -0.4 is 0 Å². The zero-order chi connectivity index (χ0) is 12.3. The van der Waals surface area contributed by atoms with Crippen LogP contribution in [0.2, 0.25) is 5.02 Å². The molecule has 1 heterocycles. The molecule has 0 amide bonds. The van der Waals surface area contributed by atoms with Crippen molar-refractivity contribution in [1.29, 1.82) is 0 Å². The largest absolute Gasteiger partial charge is 0.469 e. The second-order valence-corrected chi connectivity index (χ2v) is 4.10. The molecule has 0 atom stereocenters. The lowest BCUT2D eigenvalue weighted by Crippen LogP contribution is -2.08. The van der Waals surface area contributed by atoms with E-state index >= 15 is 0 Å². The molecule has 0 unspecified atom stereocenters. The fraction of sp³-hybridized carbons (Fsp3) is 0.333. The summed E-state index contributed by atoms with van der Waals surface area (Å²) in [5, 5.41) is 0.140. The van der Waals surface area contributed by atoms with Crippen LogP contribution in [0.3, 0.4) is 0 Å². The fourth-order valence-electron chi connectivity index (χ4n) is 1.01. The summed E-state index contributed by atoms with van der Waals surface area (Å²) in [6.45, 7) is 0. The van der Waals surface area contributed by atoms with Crippen LogP contribution in [0.4, 0.5) is 8.78 Å². The molecule has 1 aromatic heterocycles. The van der Waals surface area contributed by atoms with E-state index in [4.69, 9.17) is 11.6 Å². The third-order valence-electron chi connectivity index (χ3n) is 1.78. The van der Waals surface area contributed by atoms with Crippen LogP contribution in [-0.2, 0) is 16.0 Å². The van der Waals surface area contributed by atoms with E-state index in [1.54, 1.807) is 0 Å². The van der Waals surface area contributed by atoms with E-state index in [0.717, 1.165) is 0 Å². The number of rotatable bonds is 3. The Morgan fingerprint density at radius 1 is 1.69 bits per heavy atom. The highest BCUT2D eigenvalue weighted by molar-refractivity contribution is 9.10. The number of carbonyl (C=O) groups excluding carboxylic acids is 1. The van der Waals surface area contributed by atoms with E-state index < -0.39 is 18.1 Å². The molecule has 0 fully saturated rings. The summed E-state index contributed by atoms with van der Waals surface area (Å²) in [6, 6.07) is 1.29. The number of alkyl halides is 2. The van der Waals surface area contributed by atoms with E-state index in [0.29, 0.717) is 0 Å². The summed E-state index contributed by atoms with van der Waals surface area (Å²) in [4.78, 5) is 14.6. The van der Waals surface area contributed by atoms with Crippen LogP contribution in [0.25, 0.3) is 0 Å². The lowest BCUT2D eigenvalue weighted by Gasteiger charge is -2.07. The highest BCUT2D eigenvalue weighted by atomic mass is 79.9. The molecule has 0 saturated heterocycles. The fourth-order valence-corrected chi connectivity index (χ4v) is 1.85. The monoisotopic (exact) mass is 313 g/mol.